The van der Waals surface area contributed by atoms with Crippen LogP contribution in [0.4, 0.5) is 0 Å². The SMILES string of the molecule is Cc1cccc2c1ccn2CC(=O)NC1CCCCCC1. The van der Waals surface area contributed by atoms with E-state index in [-0.39, 0.29) is 5.91 Å². The molecular weight excluding hydrogens is 260 g/mol. The summed E-state index contributed by atoms with van der Waals surface area (Å²) < 4.78 is 2.05. The molecule has 1 aromatic heterocycles. The van der Waals surface area contributed by atoms with Gasteiger partial charge in [-0.15, -0.1) is 0 Å². The van der Waals surface area contributed by atoms with Crippen molar-refractivity contribution >= 4 is 16.8 Å². The Hall–Kier alpha value is -1.77. The van der Waals surface area contributed by atoms with E-state index in [4.69, 9.17) is 0 Å². The average molecular weight is 284 g/mol. The Morgan fingerprint density at radius 2 is 1.95 bits per heavy atom. The molecule has 0 atom stereocenters. The molecule has 0 unspecified atom stereocenters. The summed E-state index contributed by atoms with van der Waals surface area (Å²) in [5.41, 5.74) is 2.40. The standard InChI is InChI=1S/C18H24N2O/c1-14-7-6-10-17-16(14)11-12-20(17)13-18(21)19-15-8-4-2-3-5-9-15/h6-7,10-12,15H,2-5,8-9,13H2,1H3,(H,19,21). The highest BCUT2D eigenvalue weighted by molar-refractivity contribution is 5.85. The lowest BCUT2D eigenvalue weighted by molar-refractivity contribution is -0.122. The number of carbonyl (C=O) groups excluding carboxylic acids is 1. The number of benzene rings is 1. The summed E-state index contributed by atoms with van der Waals surface area (Å²) in [6.45, 7) is 2.53. The zero-order chi connectivity index (χ0) is 14.7. The Labute approximate surface area is 126 Å². The van der Waals surface area contributed by atoms with Crippen molar-refractivity contribution in [1.82, 2.24) is 9.88 Å². The highest BCUT2D eigenvalue weighted by atomic mass is 16.2. The molecule has 0 saturated heterocycles. The first kappa shape index (κ1) is 14.2. The van der Waals surface area contributed by atoms with Crippen molar-refractivity contribution in [2.24, 2.45) is 0 Å². The smallest absolute Gasteiger partial charge is 0.240 e. The molecule has 112 valence electrons. The number of nitrogens with one attached hydrogen (secondary N) is 1. The number of aromatic nitrogens is 1. The lowest BCUT2D eigenvalue weighted by Crippen LogP contribution is -2.36. The second-order valence-electron chi connectivity index (χ2n) is 6.21. The molecule has 1 aromatic carbocycles. The van der Waals surface area contributed by atoms with Crippen LogP contribution in [0.25, 0.3) is 10.9 Å². The minimum absolute atomic E-state index is 0.140. The molecule has 1 amide bonds. The maximum atomic E-state index is 12.3. The number of nitrogens with zero attached hydrogens (tertiary/aromatic N) is 1. The van der Waals surface area contributed by atoms with Crippen LogP contribution in [0.15, 0.2) is 30.5 Å². The molecule has 1 fully saturated rings. The monoisotopic (exact) mass is 284 g/mol. The van der Waals surface area contributed by atoms with Crippen LogP contribution in [-0.4, -0.2) is 16.5 Å². The molecule has 0 spiro atoms. The third-order valence-electron chi connectivity index (χ3n) is 4.57. The fourth-order valence-electron chi connectivity index (χ4n) is 3.37. The van der Waals surface area contributed by atoms with Gasteiger partial charge in [0.1, 0.15) is 6.54 Å². The molecule has 0 radical (unpaired) electrons. The minimum Gasteiger partial charge on any atom is -0.352 e. The maximum Gasteiger partial charge on any atom is 0.240 e. The van der Waals surface area contributed by atoms with Gasteiger partial charge < -0.3 is 9.88 Å². The highest BCUT2D eigenvalue weighted by Gasteiger charge is 2.15. The quantitative estimate of drug-likeness (QED) is 0.855. The summed E-state index contributed by atoms with van der Waals surface area (Å²) in [5.74, 6) is 0.140. The fraction of sp³-hybridized carbons (Fsp3) is 0.500. The van der Waals surface area contributed by atoms with Gasteiger partial charge >= 0.3 is 0 Å². The Bertz CT molecular complexity index is 621. The van der Waals surface area contributed by atoms with E-state index in [0.29, 0.717) is 12.6 Å². The first-order chi connectivity index (χ1) is 10.2. The van der Waals surface area contributed by atoms with Gasteiger partial charge in [-0.25, -0.2) is 0 Å². The predicted molar refractivity (Wildman–Crippen MR) is 86.3 cm³/mol. The predicted octanol–water partition coefficient (Wildman–Crippen LogP) is 3.79. The van der Waals surface area contributed by atoms with Gasteiger partial charge in [-0.1, -0.05) is 37.8 Å². The Morgan fingerprint density at radius 1 is 1.19 bits per heavy atom. The number of fused-ring (bicyclic) bond motifs is 1. The van der Waals surface area contributed by atoms with Crippen LogP contribution in [0, 0.1) is 6.92 Å². The van der Waals surface area contributed by atoms with E-state index in [0.717, 1.165) is 18.4 Å². The van der Waals surface area contributed by atoms with Gasteiger partial charge in [0.25, 0.3) is 0 Å². The van der Waals surface area contributed by atoms with Crippen molar-refractivity contribution in [1.29, 1.82) is 0 Å². The fourth-order valence-corrected chi connectivity index (χ4v) is 3.37. The van der Waals surface area contributed by atoms with Crippen LogP contribution >= 0.6 is 0 Å². The first-order valence-electron chi connectivity index (χ1n) is 8.08. The van der Waals surface area contributed by atoms with Crippen LogP contribution in [0.3, 0.4) is 0 Å². The number of hydrogen-bond donors (Lipinski definition) is 1. The van der Waals surface area contributed by atoms with Gasteiger partial charge in [-0.3, -0.25) is 4.79 Å². The summed E-state index contributed by atoms with van der Waals surface area (Å²) >= 11 is 0. The van der Waals surface area contributed by atoms with Gasteiger partial charge in [0.2, 0.25) is 5.91 Å². The largest absolute Gasteiger partial charge is 0.352 e. The third-order valence-corrected chi connectivity index (χ3v) is 4.57. The normalized spacial score (nSPS) is 16.8. The van der Waals surface area contributed by atoms with Crippen LogP contribution in [0.1, 0.15) is 44.1 Å². The molecule has 0 bridgehead atoms. The summed E-state index contributed by atoms with van der Waals surface area (Å²) in [6.07, 6.45) is 9.41. The molecule has 2 aromatic rings. The van der Waals surface area contributed by atoms with Gasteiger partial charge in [0.15, 0.2) is 0 Å². The Balaban J connectivity index is 1.67. The highest BCUT2D eigenvalue weighted by Crippen LogP contribution is 2.20. The Morgan fingerprint density at radius 3 is 2.71 bits per heavy atom. The molecule has 1 N–H and O–H groups in total. The van der Waals surface area contributed by atoms with E-state index < -0.39 is 0 Å². The first-order valence-corrected chi connectivity index (χ1v) is 8.08. The van der Waals surface area contributed by atoms with Gasteiger partial charge in [-0.2, -0.15) is 0 Å². The van der Waals surface area contributed by atoms with Crippen molar-refractivity contribution in [3.05, 3.63) is 36.0 Å². The lowest BCUT2D eigenvalue weighted by Gasteiger charge is -2.16. The molecule has 1 aliphatic carbocycles. The average Bonchev–Trinajstić information content (AvgIpc) is 2.70. The molecular formula is C18H24N2O. The molecule has 21 heavy (non-hydrogen) atoms. The van der Waals surface area contributed by atoms with Crippen molar-refractivity contribution in [3.63, 3.8) is 0 Å². The van der Waals surface area contributed by atoms with E-state index in [1.165, 1.54) is 36.6 Å². The van der Waals surface area contributed by atoms with E-state index in [1.54, 1.807) is 0 Å². The third kappa shape index (κ3) is 3.29. The second kappa shape index (κ2) is 6.33. The van der Waals surface area contributed by atoms with Gasteiger partial charge in [0, 0.05) is 23.1 Å². The topological polar surface area (TPSA) is 34.0 Å². The van der Waals surface area contributed by atoms with E-state index in [9.17, 15) is 4.79 Å². The summed E-state index contributed by atoms with van der Waals surface area (Å²) in [5, 5.41) is 4.45. The van der Waals surface area contributed by atoms with Crippen molar-refractivity contribution in [3.8, 4) is 0 Å². The number of rotatable bonds is 3. The van der Waals surface area contributed by atoms with Crippen molar-refractivity contribution in [2.75, 3.05) is 0 Å². The van der Waals surface area contributed by atoms with Crippen LogP contribution < -0.4 is 5.32 Å². The summed E-state index contributed by atoms with van der Waals surface area (Å²) in [6, 6.07) is 8.73. The number of amides is 1. The summed E-state index contributed by atoms with van der Waals surface area (Å²) in [4.78, 5) is 12.3. The molecule has 3 rings (SSSR count). The van der Waals surface area contributed by atoms with E-state index in [2.05, 4.69) is 36.5 Å². The zero-order valence-corrected chi connectivity index (χ0v) is 12.8. The van der Waals surface area contributed by atoms with E-state index in [1.807, 2.05) is 10.8 Å². The van der Waals surface area contributed by atoms with Crippen molar-refractivity contribution < 1.29 is 4.79 Å². The summed E-state index contributed by atoms with van der Waals surface area (Å²) in [7, 11) is 0. The molecule has 1 heterocycles. The Kier molecular flexibility index (Phi) is 4.28. The second-order valence-corrected chi connectivity index (χ2v) is 6.21. The van der Waals surface area contributed by atoms with Crippen molar-refractivity contribution in [2.45, 2.75) is 58.0 Å². The van der Waals surface area contributed by atoms with Gasteiger partial charge in [-0.05, 0) is 37.5 Å². The molecule has 0 aliphatic heterocycles. The molecule has 3 nitrogen and oxygen atoms in total. The van der Waals surface area contributed by atoms with Crippen LogP contribution in [-0.2, 0) is 11.3 Å². The zero-order valence-electron chi connectivity index (χ0n) is 12.8. The number of aryl methyl sites for hydroxylation is 1. The number of carbonyl (C=O) groups is 1. The van der Waals surface area contributed by atoms with Crippen LogP contribution in [0.2, 0.25) is 0 Å². The minimum atomic E-state index is 0.140. The molecule has 1 aliphatic rings. The van der Waals surface area contributed by atoms with Crippen LogP contribution in [0.5, 0.6) is 0 Å². The lowest BCUT2D eigenvalue weighted by atomic mass is 10.1. The molecule has 3 heteroatoms. The molecule has 1 saturated carbocycles. The van der Waals surface area contributed by atoms with E-state index >= 15 is 0 Å². The number of hydrogen-bond acceptors (Lipinski definition) is 1. The maximum absolute atomic E-state index is 12.3. The van der Waals surface area contributed by atoms with Gasteiger partial charge in [0.05, 0.1) is 0 Å².